The van der Waals surface area contributed by atoms with Gasteiger partial charge in [0.1, 0.15) is 11.9 Å². The van der Waals surface area contributed by atoms with Crippen LogP contribution in [-0.4, -0.2) is 35.9 Å². The Kier molecular flexibility index (Phi) is 6.68. The Morgan fingerprint density at radius 2 is 1.71 bits per heavy atom. The molecule has 34 heavy (non-hydrogen) atoms. The van der Waals surface area contributed by atoms with Crippen LogP contribution in [0.2, 0.25) is 0 Å². The number of hydrazone groups is 1. The Morgan fingerprint density at radius 1 is 1.00 bits per heavy atom. The number of carbonyl (C=O) groups excluding carboxylic acids is 1. The smallest absolute Gasteiger partial charge is 0.263 e. The summed E-state index contributed by atoms with van der Waals surface area (Å²) in [6, 6.07) is 20.8. The molecule has 0 fully saturated rings. The van der Waals surface area contributed by atoms with Crippen LogP contribution >= 0.6 is 0 Å². The summed E-state index contributed by atoms with van der Waals surface area (Å²) in [6.45, 7) is 1.64. The Bertz CT molecular complexity index is 1410. The summed E-state index contributed by atoms with van der Waals surface area (Å²) in [5.74, 6) is 1.10. The topological polar surface area (TPSA) is 94.8 Å². The lowest BCUT2D eigenvalue weighted by molar-refractivity contribution is -0.123. The average Bonchev–Trinajstić information content (AvgIpc) is 2.88. The van der Waals surface area contributed by atoms with Gasteiger partial charge in [0.15, 0.2) is 11.5 Å². The number of hydrogen-bond donors (Lipinski definition) is 1. The fourth-order valence-electron chi connectivity index (χ4n) is 3.61. The second-order valence-electron chi connectivity index (χ2n) is 7.52. The molecule has 3 aromatic carbocycles. The second-order valence-corrected chi connectivity index (χ2v) is 7.52. The predicted molar refractivity (Wildman–Crippen MR) is 131 cm³/mol. The number of hydrogen-bond acceptors (Lipinski definition) is 6. The van der Waals surface area contributed by atoms with Crippen LogP contribution in [0.1, 0.15) is 18.5 Å². The van der Waals surface area contributed by atoms with Crippen molar-refractivity contribution in [2.24, 2.45) is 5.10 Å². The maximum atomic E-state index is 13.4. The van der Waals surface area contributed by atoms with E-state index in [2.05, 4.69) is 10.5 Å². The minimum Gasteiger partial charge on any atom is -0.493 e. The number of benzene rings is 3. The molecule has 0 spiro atoms. The summed E-state index contributed by atoms with van der Waals surface area (Å²) in [5, 5.41) is 4.50. The molecule has 0 bridgehead atoms. The van der Waals surface area contributed by atoms with Crippen molar-refractivity contribution in [3.8, 4) is 22.9 Å². The largest absolute Gasteiger partial charge is 0.493 e. The summed E-state index contributed by atoms with van der Waals surface area (Å²) < 4.78 is 11.9. The van der Waals surface area contributed by atoms with Gasteiger partial charge >= 0.3 is 0 Å². The van der Waals surface area contributed by atoms with E-state index in [0.717, 1.165) is 5.56 Å². The molecule has 0 aliphatic heterocycles. The molecule has 1 atom stereocenters. The fourth-order valence-corrected chi connectivity index (χ4v) is 3.61. The molecule has 4 aromatic rings. The number of methoxy groups -OCH3 is 2. The number of ether oxygens (including phenoxy) is 2. The van der Waals surface area contributed by atoms with E-state index in [1.807, 2.05) is 36.4 Å². The fraction of sp³-hybridized carbons (Fsp3) is 0.154. The maximum absolute atomic E-state index is 13.4. The van der Waals surface area contributed by atoms with Crippen molar-refractivity contribution in [3.05, 3.63) is 88.7 Å². The number of rotatable bonds is 7. The Hall–Kier alpha value is -4.46. The van der Waals surface area contributed by atoms with Gasteiger partial charge in [0.05, 0.1) is 31.3 Å². The van der Waals surface area contributed by atoms with E-state index in [-0.39, 0.29) is 5.56 Å². The summed E-state index contributed by atoms with van der Waals surface area (Å²) in [6.07, 6.45) is 1.49. The normalized spacial score (nSPS) is 12.0. The first-order valence-electron chi connectivity index (χ1n) is 10.6. The highest BCUT2D eigenvalue weighted by atomic mass is 16.5. The van der Waals surface area contributed by atoms with Gasteiger partial charge in [-0.2, -0.15) is 5.10 Å². The molecule has 0 saturated heterocycles. The summed E-state index contributed by atoms with van der Waals surface area (Å²) >= 11 is 0. The van der Waals surface area contributed by atoms with E-state index < -0.39 is 11.9 Å². The minimum absolute atomic E-state index is 0.295. The summed E-state index contributed by atoms with van der Waals surface area (Å²) in [5.41, 5.74) is 4.24. The quantitative estimate of drug-likeness (QED) is 0.337. The van der Waals surface area contributed by atoms with Gasteiger partial charge in [-0.25, -0.2) is 10.4 Å². The van der Waals surface area contributed by atoms with Gasteiger partial charge < -0.3 is 9.47 Å². The Balaban J connectivity index is 1.65. The van der Waals surface area contributed by atoms with Gasteiger partial charge in [-0.1, -0.05) is 42.5 Å². The van der Waals surface area contributed by atoms with Gasteiger partial charge in [-0.3, -0.25) is 14.2 Å². The molecule has 1 amide bonds. The van der Waals surface area contributed by atoms with E-state index in [1.54, 1.807) is 57.5 Å². The van der Waals surface area contributed by atoms with Crippen LogP contribution < -0.4 is 20.5 Å². The van der Waals surface area contributed by atoms with E-state index >= 15 is 0 Å². The van der Waals surface area contributed by atoms with Crippen molar-refractivity contribution in [1.82, 2.24) is 15.0 Å². The average molecular weight is 457 g/mol. The van der Waals surface area contributed by atoms with Gasteiger partial charge in [-0.15, -0.1) is 0 Å². The van der Waals surface area contributed by atoms with Crippen LogP contribution in [0.15, 0.2) is 82.7 Å². The highest BCUT2D eigenvalue weighted by Crippen LogP contribution is 2.27. The zero-order chi connectivity index (χ0) is 24.1. The molecular weight excluding hydrogens is 432 g/mol. The number of fused-ring (bicyclic) bond motifs is 1. The zero-order valence-electron chi connectivity index (χ0n) is 19.1. The lowest BCUT2D eigenvalue weighted by Gasteiger charge is -2.18. The Morgan fingerprint density at radius 3 is 2.44 bits per heavy atom. The zero-order valence-corrected chi connectivity index (χ0v) is 19.1. The summed E-state index contributed by atoms with van der Waals surface area (Å²) in [4.78, 5) is 31.0. The number of carbonyl (C=O) groups is 1. The first kappa shape index (κ1) is 22.7. The summed E-state index contributed by atoms with van der Waals surface area (Å²) in [7, 11) is 3.10. The molecule has 0 unspecified atom stereocenters. The second kappa shape index (κ2) is 9.99. The van der Waals surface area contributed by atoms with E-state index in [0.29, 0.717) is 33.8 Å². The molecule has 172 valence electrons. The first-order chi connectivity index (χ1) is 16.5. The number of nitrogens with zero attached hydrogens (tertiary/aromatic N) is 3. The molecule has 8 heteroatoms. The number of amides is 1. The number of aromatic nitrogens is 2. The maximum Gasteiger partial charge on any atom is 0.263 e. The molecule has 4 rings (SSSR count). The van der Waals surface area contributed by atoms with Crippen LogP contribution in [0, 0.1) is 0 Å². The van der Waals surface area contributed by atoms with Crippen molar-refractivity contribution in [2.75, 3.05) is 14.2 Å². The van der Waals surface area contributed by atoms with Crippen molar-refractivity contribution < 1.29 is 14.3 Å². The van der Waals surface area contributed by atoms with Crippen LogP contribution in [-0.2, 0) is 4.79 Å². The molecule has 8 nitrogen and oxygen atoms in total. The molecule has 0 saturated carbocycles. The molecule has 0 aliphatic rings. The van der Waals surface area contributed by atoms with Crippen LogP contribution in [0.5, 0.6) is 11.5 Å². The van der Waals surface area contributed by atoms with E-state index in [4.69, 9.17) is 14.5 Å². The minimum atomic E-state index is -0.859. The van der Waals surface area contributed by atoms with Crippen LogP contribution in [0.3, 0.4) is 0 Å². The number of nitrogens with one attached hydrogen (secondary N) is 1. The molecular formula is C26H24N4O4. The van der Waals surface area contributed by atoms with E-state index in [9.17, 15) is 9.59 Å². The highest BCUT2D eigenvalue weighted by molar-refractivity contribution is 5.86. The SMILES string of the molecule is COc1ccc(/C=N\NC(=O)[C@@H](C)n2c(-c3ccccc3)nc3ccccc3c2=O)cc1OC. The Labute approximate surface area is 196 Å². The lowest BCUT2D eigenvalue weighted by atomic mass is 10.1. The van der Waals surface area contributed by atoms with Crippen molar-refractivity contribution in [2.45, 2.75) is 13.0 Å². The highest BCUT2D eigenvalue weighted by Gasteiger charge is 2.22. The number of para-hydroxylation sites is 1. The monoisotopic (exact) mass is 456 g/mol. The third kappa shape index (κ3) is 4.52. The van der Waals surface area contributed by atoms with E-state index in [1.165, 1.54) is 10.8 Å². The van der Waals surface area contributed by atoms with Crippen molar-refractivity contribution in [3.63, 3.8) is 0 Å². The lowest BCUT2D eigenvalue weighted by Crippen LogP contribution is -2.35. The van der Waals surface area contributed by atoms with Crippen LogP contribution in [0.25, 0.3) is 22.3 Å². The van der Waals surface area contributed by atoms with Gasteiger partial charge in [-0.05, 0) is 42.8 Å². The standard InChI is InChI=1S/C26H24N4O4/c1-17(25(31)29-27-16-18-13-14-22(33-2)23(15-18)34-3)30-24(19-9-5-4-6-10-19)28-21-12-8-7-11-20(21)26(30)32/h4-17H,1-3H3,(H,29,31)/b27-16-/t17-/m1/s1. The molecule has 0 radical (unpaired) electrons. The van der Waals surface area contributed by atoms with Crippen LogP contribution in [0.4, 0.5) is 0 Å². The predicted octanol–water partition coefficient (Wildman–Crippen LogP) is 3.79. The van der Waals surface area contributed by atoms with Crippen molar-refractivity contribution >= 4 is 23.0 Å². The van der Waals surface area contributed by atoms with Crippen molar-refractivity contribution in [1.29, 1.82) is 0 Å². The molecule has 1 heterocycles. The first-order valence-corrected chi connectivity index (χ1v) is 10.6. The van der Waals surface area contributed by atoms with Gasteiger partial charge in [0, 0.05) is 5.56 Å². The molecule has 0 aliphatic carbocycles. The van der Waals surface area contributed by atoms with Gasteiger partial charge in [0.25, 0.3) is 11.5 Å². The third-order valence-corrected chi connectivity index (χ3v) is 5.40. The van der Waals surface area contributed by atoms with Gasteiger partial charge in [0.2, 0.25) is 0 Å². The molecule has 1 aromatic heterocycles. The third-order valence-electron chi connectivity index (χ3n) is 5.40. The molecule has 1 N–H and O–H groups in total.